The molecule has 0 atom stereocenters. The van der Waals surface area contributed by atoms with Gasteiger partial charge in [-0.15, -0.1) is 0 Å². The molecule has 1 aliphatic rings. The molecule has 0 aliphatic carbocycles. The van der Waals surface area contributed by atoms with E-state index in [4.69, 9.17) is 23.3 Å². The molecule has 29 heavy (non-hydrogen) atoms. The van der Waals surface area contributed by atoms with E-state index >= 15 is 0 Å². The summed E-state index contributed by atoms with van der Waals surface area (Å²) in [5.74, 6) is 0.681. The molecule has 3 aromatic rings. The summed E-state index contributed by atoms with van der Waals surface area (Å²) >= 11 is 0. The molecule has 0 saturated carbocycles. The van der Waals surface area contributed by atoms with Gasteiger partial charge in [0.1, 0.15) is 18.1 Å². The van der Waals surface area contributed by atoms with Crippen LogP contribution in [0.5, 0.6) is 11.8 Å². The molecule has 4 rings (SSSR count). The summed E-state index contributed by atoms with van der Waals surface area (Å²) in [4.78, 5) is 16.2. The van der Waals surface area contributed by atoms with Crippen LogP contribution in [0.2, 0.25) is 0 Å². The van der Waals surface area contributed by atoms with E-state index in [1.54, 1.807) is 18.1 Å². The summed E-state index contributed by atoms with van der Waals surface area (Å²) in [6.07, 6.45) is 0.995. The maximum atomic E-state index is 11.9. The van der Waals surface area contributed by atoms with Crippen LogP contribution in [0.25, 0.3) is 11.4 Å². The van der Waals surface area contributed by atoms with E-state index < -0.39 is 6.09 Å². The van der Waals surface area contributed by atoms with E-state index in [0.29, 0.717) is 43.5 Å². The first-order valence-corrected chi connectivity index (χ1v) is 8.96. The van der Waals surface area contributed by atoms with Crippen LogP contribution >= 0.6 is 0 Å². The van der Waals surface area contributed by atoms with E-state index in [2.05, 4.69) is 20.7 Å². The monoisotopic (exact) mass is 401 g/mol. The molecular weight excluding hydrogens is 382 g/mol. The molecule has 0 unspecified atom stereocenters. The van der Waals surface area contributed by atoms with Gasteiger partial charge in [-0.25, -0.2) is 9.80 Å². The second-order valence-corrected chi connectivity index (χ2v) is 6.15. The summed E-state index contributed by atoms with van der Waals surface area (Å²) in [7, 11) is 0. The number of nitrogens with one attached hydrogen (secondary N) is 1. The Kier molecular flexibility index (Phi) is 5.68. The van der Waals surface area contributed by atoms with Gasteiger partial charge in [-0.1, -0.05) is 11.2 Å². The van der Waals surface area contributed by atoms with Crippen LogP contribution in [-0.2, 0) is 11.3 Å². The zero-order valence-corrected chi connectivity index (χ0v) is 15.7. The number of carbonyl (C=O) groups excluding carboxylic acids is 1. The fourth-order valence-electron chi connectivity index (χ4n) is 2.69. The van der Waals surface area contributed by atoms with Crippen molar-refractivity contribution in [2.75, 3.05) is 26.3 Å². The van der Waals surface area contributed by atoms with Gasteiger partial charge < -0.3 is 23.3 Å². The minimum atomic E-state index is -0.679. The lowest BCUT2D eigenvalue weighted by atomic mass is 10.1. The number of amides is 1. The highest BCUT2D eigenvalue weighted by molar-refractivity contribution is 5.69. The molecule has 4 heterocycles. The average Bonchev–Trinajstić information content (AvgIpc) is 3.34. The van der Waals surface area contributed by atoms with Gasteiger partial charge in [0.05, 0.1) is 30.5 Å². The number of ether oxygens (including phenoxy) is 3. The molecule has 11 heteroatoms. The van der Waals surface area contributed by atoms with Crippen molar-refractivity contribution in [2.45, 2.75) is 13.5 Å². The highest BCUT2D eigenvalue weighted by atomic mass is 16.7. The Morgan fingerprint density at radius 1 is 1.24 bits per heavy atom. The molecule has 0 spiro atoms. The Bertz CT molecular complexity index is 951. The highest BCUT2D eigenvalue weighted by Crippen LogP contribution is 2.26. The van der Waals surface area contributed by atoms with E-state index in [0.717, 1.165) is 5.56 Å². The predicted molar refractivity (Wildman–Crippen MR) is 96.9 cm³/mol. The van der Waals surface area contributed by atoms with Crippen LogP contribution in [-0.4, -0.2) is 52.7 Å². The van der Waals surface area contributed by atoms with Gasteiger partial charge in [-0.3, -0.25) is 10.4 Å². The summed E-state index contributed by atoms with van der Waals surface area (Å²) < 4.78 is 26.2. The summed E-state index contributed by atoms with van der Waals surface area (Å²) in [5, 5.41) is 9.49. The molecule has 1 fully saturated rings. The van der Waals surface area contributed by atoms with Gasteiger partial charge in [0, 0.05) is 19.3 Å². The fourth-order valence-corrected chi connectivity index (χ4v) is 2.69. The molecule has 0 bridgehead atoms. The van der Waals surface area contributed by atoms with Gasteiger partial charge in [-0.05, 0) is 24.2 Å². The Balaban J connectivity index is 1.34. The van der Waals surface area contributed by atoms with Gasteiger partial charge in [0.25, 0.3) is 5.88 Å². The number of aryl methyl sites for hydroxylation is 1. The van der Waals surface area contributed by atoms with Crippen molar-refractivity contribution in [2.24, 2.45) is 0 Å². The van der Waals surface area contributed by atoms with Gasteiger partial charge in [-0.2, -0.15) is 0 Å². The maximum absolute atomic E-state index is 11.9. The SMILES string of the molecule is Cc1onc(-c2ccccn2)c1COc1cc(OC(=O)NN2CCOCC2)on1. The minimum absolute atomic E-state index is 0.0854. The summed E-state index contributed by atoms with van der Waals surface area (Å²) in [6.45, 7) is 4.17. The third-order valence-corrected chi connectivity index (χ3v) is 4.18. The van der Waals surface area contributed by atoms with Crippen molar-refractivity contribution in [1.29, 1.82) is 0 Å². The number of hydrogen-bond donors (Lipinski definition) is 1. The average molecular weight is 401 g/mol. The van der Waals surface area contributed by atoms with Crippen molar-refractivity contribution in [3.8, 4) is 23.2 Å². The molecular formula is C18H19N5O6. The van der Waals surface area contributed by atoms with Crippen LogP contribution in [0, 0.1) is 6.92 Å². The number of nitrogens with zero attached hydrogens (tertiary/aromatic N) is 4. The van der Waals surface area contributed by atoms with Crippen molar-refractivity contribution in [1.82, 2.24) is 25.7 Å². The Labute approximate surface area is 165 Å². The Morgan fingerprint density at radius 3 is 2.90 bits per heavy atom. The highest BCUT2D eigenvalue weighted by Gasteiger charge is 2.19. The first kappa shape index (κ1) is 18.9. The smallest absolute Gasteiger partial charge is 0.429 e. The van der Waals surface area contributed by atoms with Crippen LogP contribution in [0.1, 0.15) is 11.3 Å². The lowest BCUT2D eigenvalue weighted by Crippen LogP contribution is -2.49. The topological polar surface area (TPSA) is 125 Å². The number of carbonyl (C=O) groups is 1. The van der Waals surface area contributed by atoms with E-state index in [1.807, 2.05) is 18.2 Å². The lowest BCUT2D eigenvalue weighted by molar-refractivity contribution is 0.0143. The largest absolute Gasteiger partial charge is 0.470 e. The number of aromatic nitrogens is 3. The third-order valence-electron chi connectivity index (χ3n) is 4.18. The van der Waals surface area contributed by atoms with Crippen molar-refractivity contribution >= 4 is 6.09 Å². The Hall–Kier alpha value is -3.44. The van der Waals surface area contributed by atoms with Gasteiger partial charge in [0.15, 0.2) is 0 Å². The quantitative estimate of drug-likeness (QED) is 0.655. The first-order chi connectivity index (χ1) is 14.2. The second kappa shape index (κ2) is 8.71. The van der Waals surface area contributed by atoms with Crippen LogP contribution in [0.15, 0.2) is 39.5 Å². The Morgan fingerprint density at radius 2 is 2.10 bits per heavy atom. The maximum Gasteiger partial charge on any atom is 0.429 e. The summed E-state index contributed by atoms with van der Waals surface area (Å²) in [6, 6.07) is 6.89. The van der Waals surface area contributed by atoms with Crippen LogP contribution in [0.4, 0.5) is 4.79 Å². The van der Waals surface area contributed by atoms with Crippen LogP contribution < -0.4 is 14.9 Å². The van der Waals surface area contributed by atoms with Crippen molar-refractivity contribution in [3.05, 3.63) is 41.8 Å². The molecule has 0 aromatic carbocycles. The summed E-state index contributed by atoms with van der Waals surface area (Å²) in [5.41, 5.74) is 4.60. The molecule has 1 aliphatic heterocycles. The lowest BCUT2D eigenvalue weighted by Gasteiger charge is -2.25. The second-order valence-electron chi connectivity index (χ2n) is 6.15. The van der Waals surface area contributed by atoms with E-state index in [9.17, 15) is 4.79 Å². The standard InChI is InChI=1S/C18H19N5O6/c1-12-13(17(22-28-12)14-4-2-3-5-19-14)11-26-15-10-16(29-21-15)27-18(24)20-23-6-8-25-9-7-23/h2-5,10H,6-9,11H2,1H3,(H,20,24). The molecule has 11 nitrogen and oxygen atoms in total. The van der Waals surface area contributed by atoms with E-state index in [1.165, 1.54) is 6.07 Å². The zero-order chi connectivity index (χ0) is 20.1. The molecule has 1 saturated heterocycles. The molecule has 3 aromatic heterocycles. The molecule has 0 radical (unpaired) electrons. The normalized spacial score (nSPS) is 14.5. The number of rotatable bonds is 6. The molecule has 152 valence electrons. The first-order valence-electron chi connectivity index (χ1n) is 8.96. The number of morpholine rings is 1. The van der Waals surface area contributed by atoms with Crippen molar-refractivity contribution < 1.29 is 28.1 Å². The number of hydrogen-bond acceptors (Lipinski definition) is 10. The van der Waals surface area contributed by atoms with E-state index in [-0.39, 0.29) is 18.4 Å². The van der Waals surface area contributed by atoms with Gasteiger partial charge in [0.2, 0.25) is 0 Å². The third kappa shape index (κ3) is 4.70. The van der Waals surface area contributed by atoms with Crippen LogP contribution in [0.3, 0.4) is 0 Å². The minimum Gasteiger partial charge on any atom is -0.470 e. The van der Waals surface area contributed by atoms with Crippen molar-refractivity contribution in [3.63, 3.8) is 0 Å². The molecule has 1 amide bonds. The molecule has 1 N–H and O–H groups in total. The predicted octanol–water partition coefficient (Wildman–Crippen LogP) is 1.95. The van der Waals surface area contributed by atoms with Gasteiger partial charge >= 0.3 is 12.0 Å². The number of pyridine rings is 1. The number of hydrazine groups is 1. The zero-order valence-electron chi connectivity index (χ0n) is 15.7. The fraction of sp³-hybridized carbons (Fsp3) is 0.333.